The van der Waals surface area contributed by atoms with E-state index in [0.29, 0.717) is 15.9 Å². The number of hydrogen-bond acceptors (Lipinski definition) is 2. The van der Waals surface area contributed by atoms with E-state index in [0.717, 1.165) is 27.5 Å². The minimum atomic E-state index is -5.07. The van der Waals surface area contributed by atoms with E-state index >= 15 is 0 Å². The number of aryl methyl sites for hydroxylation is 1. The van der Waals surface area contributed by atoms with Crippen molar-refractivity contribution >= 4 is 33.7 Å². The van der Waals surface area contributed by atoms with Crippen LogP contribution in [-0.4, -0.2) is 9.79 Å². The fraction of sp³-hybridized carbons (Fsp3) is 0.436. The van der Waals surface area contributed by atoms with Gasteiger partial charge < -0.3 is 0 Å². The molecule has 0 unspecified atom stereocenters. The Labute approximate surface area is 255 Å². The first-order chi connectivity index (χ1) is 19.0. The first-order valence-corrected chi connectivity index (χ1v) is 17.4. The van der Waals surface area contributed by atoms with Gasteiger partial charge in [-0.15, -0.1) is 0 Å². The molecule has 226 valence electrons. The van der Waals surface area contributed by atoms with Crippen molar-refractivity contribution in [1.82, 2.24) is 0 Å². The third kappa shape index (κ3) is 5.47. The molecule has 0 bridgehead atoms. The standard InChI is InChI=1S/C39H53O2P/c1-26-18-21-33(30-17-15-14-16-29(26)30)42(40,41,34-22-19-27(36(2,3)4)24-31(34)38(8,9)10)35-23-20-28(37(5,6)7)25-32(35)39(11,12)13/h14-25,40-41H,1-13H3. The van der Waals surface area contributed by atoms with Crippen LogP contribution in [0, 0.1) is 6.92 Å². The van der Waals surface area contributed by atoms with Crippen LogP contribution in [0.25, 0.3) is 10.8 Å². The van der Waals surface area contributed by atoms with Gasteiger partial charge in [-0.05, 0) is 0 Å². The Morgan fingerprint density at radius 2 is 0.833 bits per heavy atom. The first-order valence-electron chi connectivity index (χ1n) is 15.3. The van der Waals surface area contributed by atoms with Crippen LogP contribution in [0.1, 0.15) is 111 Å². The molecule has 0 amide bonds. The van der Waals surface area contributed by atoms with Gasteiger partial charge in [-0.25, -0.2) is 0 Å². The van der Waals surface area contributed by atoms with E-state index in [1.165, 1.54) is 11.1 Å². The Kier molecular flexibility index (Phi) is 7.73. The van der Waals surface area contributed by atoms with Crippen LogP contribution in [0.4, 0.5) is 0 Å². The van der Waals surface area contributed by atoms with Gasteiger partial charge in [0.1, 0.15) is 0 Å². The topological polar surface area (TPSA) is 40.5 Å². The molecule has 2 nitrogen and oxygen atoms in total. The average molecular weight is 585 g/mol. The molecule has 4 rings (SSSR count). The summed E-state index contributed by atoms with van der Waals surface area (Å²) in [4.78, 5) is 27.7. The van der Waals surface area contributed by atoms with E-state index < -0.39 is 7.06 Å². The molecule has 4 aromatic carbocycles. The van der Waals surface area contributed by atoms with Gasteiger partial charge in [0.25, 0.3) is 0 Å². The molecule has 0 saturated heterocycles. The molecule has 0 heterocycles. The number of hydrogen-bond donors (Lipinski definition) is 2. The zero-order valence-electron chi connectivity index (χ0n) is 28.3. The summed E-state index contributed by atoms with van der Waals surface area (Å²) in [6, 6.07) is 24.9. The number of fused-ring (bicyclic) bond motifs is 1. The fourth-order valence-corrected chi connectivity index (χ4v) is 10.4. The molecule has 0 atom stereocenters. The Morgan fingerprint density at radius 3 is 1.21 bits per heavy atom. The average Bonchev–Trinajstić information content (AvgIpc) is 2.86. The third-order valence-corrected chi connectivity index (χ3v) is 12.7. The van der Waals surface area contributed by atoms with E-state index in [9.17, 15) is 9.79 Å². The van der Waals surface area contributed by atoms with Crippen molar-refractivity contribution in [2.45, 2.75) is 112 Å². The summed E-state index contributed by atoms with van der Waals surface area (Å²) in [5.41, 5.74) is 4.60. The zero-order valence-corrected chi connectivity index (χ0v) is 29.2. The molecule has 0 aromatic heterocycles. The molecule has 0 fully saturated rings. The van der Waals surface area contributed by atoms with Crippen LogP contribution in [0.15, 0.2) is 72.8 Å². The summed E-state index contributed by atoms with van der Waals surface area (Å²) < 4.78 is 0. The van der Waals surface area contributed by atoms with Gasteiger partial charge in [-0.2, -0.15) is 0 Å². The zero-order chi connectivity index (χ0) is 31.7. The quantitative estimate of drug-likeness (QED) is 0.236. The van der Waals surface area contributed by atoms with Crippen LogP contribution in [-0.2, 0) is 21.7 Å². The molecule has 0 saturated carbocycles. The predicted octanol–water partition coefficient (Wildman–Crippen LogP) is 8.98. The molecule has 3 heteroatoms. The van der Waals surface area contributed by atoms with Crippen molar-refractivity contribution in [1.29, 1.82) is 0 Å². The number of benzene rings is 4. The predicted molar refractivity (Wildman–Crippen MR) is 187 cm³/mol. The van der Waals surface area contributed by atoms with Crippen molar-refractivity contribution in [3.05, 3.63) is 101 Å². The summed E-state index contributed by atoms with van der Waals surface area (Å²) in [5.74, 6) is 0. The minimum absolute atomic E-state index is 0.0820. The summed E-state index contributed by atoms with van der Waals surface area (Å²) in [6.07, 6.45) is 0. The molecule has 0 radical (unpaired) electrons. The van der Waals surface area contributed by atoms with E-state index in [4.69, 9.17) is 0 Å². The van der Waals surface area contributed by atoms with Crippen molar-refractivity contribution in [2.24, 2.45) is 0 Å². The molecule has 0 aliphatic carbocycles. The van der Waals surface area contributed by atoms with Crippen LogP contribution in [0.3, 0.4) is 0 Å². The van der Waals surface area contributed by atoms with Crippen LogP contribution in [0.5, 0.6) is 0 Å². The molecule has 2 N–H and O–H groups in total. The molecule has 4 aromatic rings. The second-order valence-electron chi connectivity index (χ2n) is 16.4. The normalized spacial score (nSPS) is 14.6. The molecule has 0 aliphatic rings. The van der Waals surface area contributed by atoms with Crippen molar-refractivity contribution in [2.75, 3.05) is 0 Å². The van der Waals surface area contributed by atoms with Gasteiger partial charge in [-0.1, -0.05) is 0 Å². The Morgan fingerprint density at radius 1 is 0.452 bits per heavy atom. The van der Waals surface area contributed by atoms with Gasteiger partial charge in [-0.3, -0.25) is 0 Å². The van der Waals surface area contributed by atoms with Gasteiger partial charge >= 0.3 is 256 Å². The second-order valence-corrected chi connectivity index (χ2v) is 19.9. The Hall–Kier alpha value is -2.51. The Balaban J connectivity index is 2.33. The molecular weight excluding hydrogens is 531 g/mol. The molecule has 0 spiro atoms. The van der Waals surface area contributed by atoms with E-state index in [1.807, 2.05) is 42.5 Å². The van der Waals surface area contributed by atoms with Gasteiger partial charge in [0.15, 0.2) is 0 Å². The molecule has 0 aliphatic heterocycles. The van der Waals surface area contributed by atoms with Crippen molar-refractivity contribution in [3.8, 4) is 0 Å². The maximum absolute atomic E-state index is 13.8. The van der Waals surface area contributed by atoms with E-state index in [2.05, 4.69) is 120 Å². The van der Waals surface area contributed by atoms with E-state index in [1.54, 1.807) is 0 Å². The number of rotatable bonds is 3. The van der Waals surface area contributed by atoms with Crippen molar-refractivity contribution < 1.29 is 9.79 Å². The first kappa shape index (κ1) is 32.4. The monoisotopic (exact) mass is 584 g/mol. The van der Waals surface area contributed by atoms with Crippen LogP contribution < -0.4 is 15.9 Å². The molecule has 42 heavy (non-hydrogen) atoms. The summed E-state index contributed by atoms with van der Waals surface area (Å²) >= 11 is 0. The van der Waals surface area contributed by atoms with Crippen LogP contribution in [0.2, 0.25) is 0 Å². The van der Waals surface area contributed by atoms with Gasteiger partial charge in [0.2, 0.25) is 0 Å². The summed E-state index contributed by atoms with van der Waals surface area (Å²) in [6.45, 7) is 28.4. The van der Waals surface area contributed by atoms with Crippen molar-refractivity contribution in [3.63, 3.8) is 0 Å². The molecular formula is C39H53O2P. The fourth-order valence-electron chi connectivity index (χ4n) is 6.14. The summed E-state index contributed by atoms with van der Waals surface area (Å²) in [5, 5.41) is 3.79. The second kappa shape index (κ2) is 10.0. The maximum atomic E-state index is 13.8. The SMILES string of the molecule is Cc1ccc(P(O)(O)(c2ccc(C(C)(C)C)cc2C(C)(C)C)c2ccc(C(C)(C)C)cc2C(C)(C)C)c2ccccc12. The summed E-state index contributed by atoms with van der Waals surface area (Å²) in [7, 11) is -5.07. The Bertz CT molecular complexity index is 1570. The van der Waals surface area contributed by atoms with E-state index in [-0.39, 0.29) is 21.7 Å². The van der Waals surface area contributed by atoms with Crippen LogP contribution >= 0.6 is 7.06 Å². The van der Waals surface area contributed by atoms with Gasteiger partial charge in [0.05, 0.1) is 0 Å². The third-order valence-electron chi connectivity index (χ3n) is 8.83. The van der Waals surface area contributed by atoms with Gasteiger partial charge in [0, 0.05) is 0 Å².